The maximum Gasteiger partial charge on any atom is 0.335 e. The quantitative estimate of drug-likeness (QED) is 0.863. The number of carbonyl (C=O) groups is 2. The Morgan fingerprint density at radius 2 is 2.14 bits per heavy atom. The van der Waals surface area contributed by atoms with Crippen molar-refractivity contribution in [1.29, 1.82) is 0 Å². The summed E-state index contributed by atoms with van der Waals surface area (Å²) in [5.41, 5.74) is 0.932. The smallest absolute Gasteiger partial charge is 0.335 e. The van der Waals surface area contributed by atoms with Crippen LogP contribution in [0.5, 0.6) is 0 Å². The van der Waals surface area contributed by atoms with Crippen molar-refractivity contribution in [1.82, 2.24) is 19.7 Å². The van der Waals surface area contributed by atoms with Gasteiger partial charge >= 0.3 is 12.0 Å². The fourth-order valence-corrected chi connectivity index (χ4v) is 2.06. The standard InChI is InChI=1S/C12H13N5O3S/c1-17(12(20)13-11-14-15-16-21-11)7-6-8-4-2-3-5-9(8)10(18)19/h2-5H,6-7H2,1H3,(H,18,19)(H,13,14,16,20). The normalized spacial score (nSPS) is 10.1. The molecule has 9 heteroatoms. The monoisotopic (exact) mass is 307 g/mol. The number of carboxylic acid groups (broad SMARTS) is 1. The van der Waals surface area contributed by atoms with E-state index in [1.165, 1.54) is 4.90 Å². The molecule has 0 fully saturated rings. The Labute approximate surface area is 124 Å². The lowest BCUT2D eigenvalue weighted by Crippen LogP contribution is -2.33. The van der Waals surface area contributed by atoms with Crippen LogP contribution < -0.4 is 5.32 Å². The molecule has 0 saturated carbocycles. The summed E-state index contributed by atoms with van der Waals surface area (Å²) >= 11 is 0.981. The number of nitrogens with one attached hydrogen (secondary N) is 1. The van der Waals surface area contributed by atoms with Gasteiger partial charge in [0.25, 0.3) is 0 Å². The highest BCUT2D eigenvalue weighted by atomic mass is 32.1. The molecule has 110 valence electrons. The minimum atomic E-state index is -0.974. The van der Waals surface area contributed by atoms with E-state index in [4.69, 9.17) is 5.11 Å². The average molecular weight is 307 g/mol. The van der Waals surface area contributed by atoms with E-state index in [2.05, 4.69) is 20.1 Å². The van der Waals surface area contributed by atoms with E-state index < -0.39 is 5.97 Å². The summed E-state index contributed by atoms with van der Waals surface area (Å²) in [6.07, 6.45) is 0.445. The van der Waals surface area contributed by atoms with Crippen LogP contribution in [0.1, 0.15) is 15.9 Å². The molecule has 0 atom stereocenters. The number of aromatic carboxylic acids is 1. The molecule has 2 aromatic rings. The number of urea groups is 1. The van der Waals surface area contributed by atoms with Crippen LogP contribution in [0, 0.1) is 0 Å². The Morgan fingerprint density at radius 3 is 2.81 bits per heavy atom. The largest absolute Gasteiger partial charge is 0.478 e. The molecule has 0 aliphatic heterocycles. The average Bonchev–Trinajstić information content (AvgIpc) is 2.97. The van der Waals surface area contributed by atoms with Crippen LogP contribution in [0.15, 0.2) is 24.3 Å². The molecule has 2 amide bonds. The van der Waals surface area contributed by atoms with Crippen LogP contribution in [0.25, 0.3) is 0 Å². The third-order valence-electron chi connectivity index (χ3n) is 2.82. The summed E-state index contributed by atoms with van der Waals surface area (Å²) < 4.78 is 3.54. The molecule has 21 heavy (non-hydrogen) atoms. The number of carbonyl (C=O) groups excluding carboxylic acids is 1. The van der Waals surface area contributed by atoms with E-state index in [0.29, 0.717) is 23.7 Å². The minimum Gasteiger partial charge on any atom is -0.478 e. The molecule has 0 aliphatic rings. The summed E-state index contributed by atoms with van der Waals surface area (Å²) in [6.45, 7) is 0.377. The van der Waals surface area contributed by atoms with Crippen molar-refractivity contribution in [2.75, 3.05) is 18.9 Å². The van der Waals surface area contributed by atoms with Gasteiger partial charge in [0.2, 0.25) is 5.13 Å². The van der Waals surface area contributed by atoms with Crippen molar-refractivity contribution >= 4 is 28.7 Å². The highest BCUT2D eigenvalue weighted by molar-refractivity contribution is 7.09. The zero-order valence-electron chi connectivity index (χ0n) is 11.2. The number of anilines is 1. The molecule has 1 heterocycles. The number of rotatable bonds is 5. The molecule has 2 N–H and O–H groups in total. The molecule has 0 spiro atoms. The van der Waals surface area contributed by atoms with Crippen molar-refractivity contribution in [2.24, 2.45) is 0 Å². The number of carboxylic acids is 1. The Kier molecular flexibility index (Phi) is 4.77. The van der Waals surface area contributed by atoms with Gasteiger partial charge in [-0.05, 0) is 23.3 Å². The molecule has 8 nitrogen and oxygen atoms in total. The van der Waals surface area contributed by atoms with E-state index in [0.717, 1.165) is 11.5 Å². The molecule has 0 bridgehead atoms. The maximum absolute atomic E-state index is 11.9. The van der Waals surface area contributed by atoms with Gasteiger partial charge < -0.3 is 10.0 Å². The first-order valence-corrected chi connectivity index (χ1v) is 6.83. The predicted octanol–water partition coefficient (Wildman–Crippen LogP) is 1.34. The summed E-state index contributed by atoms with van der Waals surface area (Å²) in [7, 11) is 1.62. The van der Waals surface area contributed by atoms with Gasteiger partial charge in [0.15, 0.2) is 0 Å². The lowest BCUT2D eigenvalue weighted by Gasteiger charge is -2.17. The van der Waals surface area contributed by atoms with E-state index in [1.807, 2.05) is 0 Å². The molecule has 1 aromatic heterocycles. The SMILES string of the molecule is CN(CCc1ccccc1C(=O)O)C(=O)Nc1nnns1. The van der Waals surface area contributed by atoms with Crippen LogP contribution in [-0.2, 0) is 6.42 Å². The van der Waals surface area contributed by atoms with Crippen LogP contribution in [0.4, 0.5) is 9.93 Å². The Hall–Kier alpha value is -2.55. The molecule has 0 unspecified atom stereocenters. The Balaban J connectivity index is 1.93. The van der Waals surface area contributed by atoms with Crippen LogP contribution in [0.2, 0.25) is 0 Å². The number of hydrogen-bond donors (Lipinski definition) is 2. The summed E-state index contributed by atoms with van der Waals surface area (Å²) in [4.78, 5) is 24.4. The number of benzene rings is 1. The van der Waals surface area contributed by atoms with Gasteiger partial charge in [-0.2, -0.15) is 0 Å². The van der Waals surface area contributed by atoms with Crippen LogP contribution >= 0.6 is 11.5 Å². The maximum atomic E-state index is 11.9. The van der Waals surface area contributed by atoms with Gasteiger partial charge in [0, 0.05) is 25.1 Å². The minimum absolute atomic E-state index is 0.250. The number of nitrogens with zero attached hydrogens (tertiary/aromatic N) is 4. The number of aromatic nitrogens is 3. The van der Waals surface area contributed by atoms with Crippen molar-refractivity contribution in [2.45, 2.75) is 6.42 Å². The third kappa shape index (κ3) is 3.96. The predicted molar refractivity (Wildman–Crippen MR) is 76.5 cm³/mol. The van der Waals surface area contributed by atoms with Crippen molar-refractivity contribution < 1.29 is 14.7 Å². The second-order valence-corrected chi connectivity index (χ2v) is 4.96. The van der Waals surface area contributed by atoms with Gasteiger partial charge in [-0.25, -0.2) is 9.59 Å². The van der Waals surface area contributed by atoms with Crippen LogP contribution in [0.3, 0.4) is 0 Å². The topological polar surface area (TPSA) is 108 Å². The van der Waals surface area contributed by atoms with Gasteiger partial charge in [-0.15, -0.1) is 0 Å². The fourth-order valence-electron chi connectivity index (χ4n) is 1.71. The molecule has 0 aliphatic carbocycles. The molecule has 1 aromatic carbocycles. The number of amides is 2. The Morgan fingerprint density at radius 1 is 1.38 bits per heavy atom. The zero-order valence-corrected chi connectivity index (χ0v) is 12.0. The fraction of sp³-hybridized carbons (Fsp3) is 0.250. The van der Waals surface area contributed by atoms with Gasteiger partial charge in [-0.3, -0.25) is 5.32 Å². The second kappa shape index (κ2) is 6.75. The van der Waals surface area contributed by atoms with E-state index in [1.54, 1.807) is 31.3 Å². The Bertz CT molecular complexity index is 632. The van der Waals surface area contributed by atoms with Gasteiger partial charge in [0.05, 0.1) is 5.56 Å². The number of hydrogen-bond acceptors (Lipinski definition) is 6. The summed E-state index contributed by atoms with van der Waals surface area (Å²) in [5.74, 6) is -0.974. The number of likely N-dealkylation sites (N-methyl/N-ethyl adjacent to an activating group) is 1. The molecular formula is C12H13N5O3S. The van der Waals surface area contributed by atoms with Crippen molar-refractivity contribution in [3.63, 3.8) is 0 Å². The van der Waals surface area contributed by atoms with Crippen molar-refractivity contribution in [3.05, 3.63) is 35.4 Å². The highest BCUT2D eigenvalue weighted by Crippen LogP contribution is 2.11. The molecular weight excluding hydrogens is 294 g/mol. The molecule has 0 radical (unpaired) electrons. The first-order valence-electron chi connectivity index (χ1n) is 6.06. The van der Waals surface area contributed by atoms with E-state index in [-0.39, 0.29) is 11.6 Å². The first kappa shape index (κ1) is 14.9. The zero-order chi connectivity index (χ0) is 15.2. The van der Waals surface area contributed by atoms with Gasteiger partial charge in [-0.1, -0.05) is 27.8 Å². The van der Waals surface area contributed by atoms with Crippen molar-refractivity contribution in [3.8, 4) is 0 Å². The first-order chi connectivity index (χ1) is 10.1. The molecule has 2 rings (SSSR count). The molecule has 0 saturated heterocycles. The lowest BCUT2D eigenvalue weighted by molar-refractivity contribution is 0.0695. The van der Waals surface area contributed by atoms with E-state index >= 15 is 0 Å². The highest BCUT2D eigenvalue weighted by Gasteiger charge is 2.13. The summed E-state index contributed by atoms with van der Waals surface area (Å²) in [6, 6.07) is 6.39. The lowest BCUT2D eigenvalue weighted by atomic mass is 10.0. The third-order valence-corrected chi connectivity index (χ3v) is 3.34. The van der Waals surface area contributed by atoms with Crippen LogP contribution in [-0.4, -0.2) is 50.4 Å². The summed E-state index contributed by atoms with van der Waals surface area (Å²) in [5, 5.41) is 19.0. The second-order valence-electron chi connectivity index (χ2n) is 4.23. The van der Waals surface area contributed by atoms with Gasteiger partial charge in [0.1, 0.15) is 0 Å². The van der Waals surface area contributed by atoms with E-state index in [9.17, 15) is 9.59 Å².